The highest BCUT2D eigenvalue weighted by atomic mass is 32.2. The van der Waals surface area contributed by atoms with E-state index >= 15 is 0 Å². The van der Waals surface area contributed by atoms with E-state index in [4.69, 9.17) is 10.5 Å². The van der Waals surface area contributed by atoms with E-state index in [1.807, 2.05) is 30.8 Å². The minimum Gasteiger partial charge on any atom is -0.493 e. The van der Waals surface area contributed by atoms with E-state index in [1.165, 1.54) is 5.56 Å². The molecule has 16 heavy (non-hydrogen) atoms. The molecule has 1 rings (SSSR count). The number of thioether (sulfide) groups is 1. The minimum absolute atomic E-state index is 0.0873. The van der Waals surface area contributed by atoms with Crippen LogP contribution in [0.15, 0.2) is 18.2 Å². The molecule has 0 saturated heterocycles. The maximum absolute atomic E-state index is 5.83. The van der Waals surface area contributed by atoms with Crippen LogP contribution >= 0.6 is 11.8 Å². The molecule has 2 nitrogen and oxygen atoms in total. The normalized spacial score (nSPS) is 12.5. The molecule has 2 N–H and O–H groups in total. The first-order valence-electron chi connectivity index (χ1n) is 5.63. The average molecular weight is 239 g/mol. The lowest BCUT2D eigenvalue weighted by atomic mass is 10.1. The number of hydrogen-bond acceptors (Lipinski definition) is 3. The first kappa shape index (κ1) is 13.4. The van der Waals surface area contributed by atoms with Crippen LogP contribution in [0.25, 0.3) is 0 Å². The van der Waals surface area contributed by atoms with Crippen molar-refractivity contribution in [1.82, 2.24) is 0 Å². The standard InChI is InChI=1S/C13H21NOS/c1-10-9-12(11(2)14)5-6-13(10)15-7-4-8-16-3/h5-6,9,11H,4,7-8,14H2,1-3H3/t11-/m1/s1. The zero-order valence-electron chi connectivity index (χ0n) is 10.3. The molecule has 0 bridgehead atoms. The van der Waals surface area contributed by atoms with Crippen molar-refractivity contribution in [1.29, 1.82) is 0 Å². The highest BCUT2D eigenvalue weighted by Crippen LogP contribution is 2.22. The molecule has 0 spiro atoms. The maximum atomic E-state index is 5.83. The minimum atomic E-state index is 0.0873. The molecule has 90 valence electrons. The van der Waals surface area contributed by atoms with Gasteiger partial charge in [-0.2, -0.15) is 11.8 Å². The van der Waals surface area contributed by atoms with Gasteiger partial charge < -0.3 is 10.5 Å². The molecule has 1 atom stereocenters. The second kappa shape index (κ2) is 6.81. The Morgan fingerprint density at radius 3 is 2.75 bits per heavy atom. The quantitative estimate of drug-likeness (QED) is 0.775. The lowest BCUT2D eigenvalue weighted by Crippen LogP contribution is -2.06. The second-order valence-corrected chi connectivity index (χ2v) is 4.99. The summed E-state index contributed by atoms with van der Waals surface area (Å²) in [5.74, 6) is 2.13. The SMILES string of the molecule is CSCCCOc1ccc([C@@H](C)N)cc1C. The van der Waals surface area contributed by atoms with Crippen molar-refractivity contribution in [3.8, 4) is 5.75 Å². The Balaban J connectivity index is 2.54. The number of aryl methyl sites for hydroxylation is 1. The van der Waals surface area contributed by atoms with E-state index in [1.54, 1.807) is 0 Å². The number of ether oxygens (including phenoxy) is 1. The Hall–Kier alpha value is -0.670. The topological polar surface area (TPSA) is 35.2 Å². The van der Waals surface area contributed by atoms with Crippen molar-refractivity contribution in [2.24, 2.45) is 5.73 Å². The first-order chi connectivity index (χ1) is 7.65. The third kappa shape index (κ3) is 4.06. The fourth-order valence-electron chi connectivity index (χ4n) is 1.50. The molecular formula is C13H21NOS. The van der Waals surface area contributed by atoms with Crippen LogP contribution in [-0.2, 0) is 0 Å². The number of benzene rings is 1. The summed E-state index contributed by atoms with van der Waals surface area (Å²) in [6.07, 6.45) is 3.21. The molecule has 0 heterocycles. The van der Waals surface area contributed by atoms with Crippen molar-refractivity contribution < 1.29 is 4.74 Å². The van der Waals surface area contributed by atoms with E-state index in [-0.39, 0.29) is 6.04 Å². The van der Waals surface area contributed by atoms with Crippen molar-refractivity contribution in [3.63, 3.8) is 0 Å². The van der Waals surface area contributed by atoms with E-state index in [2.05, 4.69) is 19.2 Å². The van der Waals surface area contributed by atoms with Crippen molar-refractivity contribution in [3.05, 3.63) is 29.3 Å². The average Bonchev–Trinajstić information content (AvgIpc) is 2.26. The van der Waals surface area contributed by atoms with Gasteiger partial charge in [0.15, 0.2) is 0 Å². The van der Waals surface area contributed by atoms with Gasteiger partial charge in [0.05, 0.1) is 6.61 Å². The summed E-state index contributed by atoms with van der Waals surface area (Å²) in [4.78, 5) is 0. The summed E-state index contributed by atoms with van der Waals surface area (Å²) < 4.78 is 5.72. The van der Waals surface area contributed by atoms with E-state index in [0.29, 0.717) is 0 Å². The summed E-state index contributed by atoms with van der Waals surface area (Å²) >= 11 is 1.85. The highest BCUT2D eigenvalue weighted by Gasteiger charge is 2.03. The molecule has 1 aromatic rings. The van der Waals surface area contributed by atoms with E-state index in [9.17, 15) is 0 Å². The zero-order chi connectivity index (χ0) is 12.0. The van der Waals surface area contributed by atoms with Gasteiger partial charge in [-0.15, -0.1) is 0 Å². The summed E-state index contributed by atoms with van der Waals surface area (Å²) in [6.45, 7) is 4.85. The molecule has 0 aromatic heterocycles. The molecule has 0 fully saturated rings. The van der Waals surface area contributed by atoms with Crippen LogP contribution in [0.5, 0.6) is 5.75 Å². The molecule has 0 unspecified atom stereocenters. The van der Waals surface area contributed by atoms with Gasteiger partial charge in [0, 0.05) is 6.04 Å². The molecule has 0 aliphatic rings. The van der Waals surface area contributed by atoms with Crippen LogP contribution in [0.2, 0.25) is 0 Å². The lowest BCUT2D eigenvalue weighted by Gasteiger charge is -2.12. The van der Waals surface area contributed by atoms with Crippen LogP contribution in [0.3, 0.4) is 0 Å². The lowest BCUT2D eigenvalue weighted by molar-refractivity contribution is 0.316. The molecule has 0 aliphatic heterocycles. The Kier molecular flexibility index (Phi) is 5.71. The molecule has 0 saturated carbocycles. The molecule has 0 amide bonds. The molecule has 0 radical (unpaired) electrons. The number of rotatable bonds is 6. The maximum Gasteiger partial charge on any atom is 0.122 e. The summed E-state index contributed by atoms with van der Waals surface area (Å²) in [5.41, 5.74) is 8.16. The molecule has 1 aromatic carbocycles. The van der Waals surface area contributed by atoms with Gasteiger partial charge >= 0.3 is 0 Å². The Morgan fingerprint density at radius 1 is 1.44 bits per heavy atom. The summed E-state index contributed by atoms with van der Waals surface area (Å²) in [5, 5.41) is 0. The number of nitrogens with two attached hydrogens (primary N) is 1. The van der Waals surface area contributed by atoms with Crippen LogP contribution < -0.4 is 10.5 Å². The fourth-order valence-corrected chi connectivity index (χ4v) is 1.91. The first-order valence-corrected chi connectivity index (χ1v) is 7.02. The summed E-state index contributed by atoms with van der Waals surface area (Å²) in [6, 6.07) is 6.26. The summed E-state index contributed by atoms with van der Waals surface area (Å²) in [7, 11) is 0. The Labute approximate surface area is 103 Å². The molecular weight excluding hydrogens is 218 g/mol. The van der Waals surface area contributed by atoms with Crippen molar-refractivity contribution in [2.45, 2.75) is 26.3 Å². The van der Waals surface area contributed by atoms with Crippen molar-refractivity contribution >= 4 is 11.8 Å². The van der Waals surface area contributed by atoms with E-state index in [0.717, 1.165) is 30.1 Å². The van der Waals surface area contributed by atoms with Gasteiger partial charge in [-0.1, -0.05) is 12.1 Å². The van der Waals surface area contributed by atoms with Crippen LogP contribution in [-0.4, -0.2) is 18.6 Å². The van der Waals surface area contributed by atoms with Gasteiger partial charge in [-0.05, 0) is 49.5 Å². The predicted molar refractivity (Wildman–Crippen MR) is 72.3 cm³/mol. The third-order valence-electron chi connectivity index (χ3n) is 2.48. The largest absolute Gasteiger partial charge is 0.493 e. The third-order valence-corrected chi connectivity index (χ3v) is 3.17. The zero-order valence-corrected chi connectivity index (χ0v) is 11.1. The smallest absolute Gasteiger partial charge is 0.122 e. The van der Waals surface area contributed by atoms with Crippen molar-refractivity contribution in [2.75, 3.05) is 18.6 Å². The highest BCUT2D eigenvalue weighted by molar-refractivity contribution is 7.98. The van der Waals surface area contributed by atoms with Gasteiger partial charge in [0.25, 0.3) is 0 Å². The Morgan fingerprint density at radius 2 is 2.19 bits per heavy atom. The van der Waals surface area contributed by atoms with E-state index < -0.39 is 0 Å². The Bertz CT molecular complexity index is 326. The number of hydrogen-bond donors (Lipinski definition) is 1. The van der Waals surface area contributed by atoms with Gasteiger partial charge in [-0.3, -0.25) is 0 Å². The fraction of sp³-hybridized carbons (Fsp3) is 0.538. The molecule has 0 aliphatic carbocycles. The van der Waals surface area contributed by atoms with Crippen LogP contribution in [0.1, 0.15) is 30.5 Å². The second-order valence-electron chi connectivity index (χ2n) is 4.01. The van der Waals surface area contributed by atoms with Gasteiger partial charge in [0.1, 0.15) is 5.75 Å². The monoisotopic (exact) mass is 239 g/mol. The molecule has 3 heteroatoms. The van der Waals surface area contributed by atoms with Crippen LogP contribution in [0, 0.1) is 6.92 Å². The predicted octanol–water partition coefficient (Wildman–Crippen LogP) is 3.15. The van der Waals surface area contributed by atoms with Crippen LogP contribution in [0.4, 0.5) is 0 Å². The van der Waals surface area contributed by atoms with Gasteiger partial charge in [0.2, 0.25) is 0 Å². The van der Waals surface area contributed by atoms with Gasteiger partial charge in [-0.25, -0.2) is 0 Å².